The number of carbonyl (C=O) groups is 3. The molecule has 3 N–H and O–H groups in total. The minimum Gasteiger partial charge on any atom is -0.480 e. The van der Waals surface area contributed by atoms with Crippen molar-refractivity contribution in [2.75, 3.05) is 20.2 Å². The van der Waals surface area contributed by atoms with Gasteiger partial charge in [0, 0.05) is 12.3 Å². The topological polar surface area (TPSA) is 105 Å². The third kappa shape index (κ3) is 5.25. The summed E-state index contributed by atoms with van der Waals surface area (Å²) in [5, 5.41) is 14.7. The standard InChI is InChI=1S/C12H20N2O5/c1-19-10(15)3-2-9(12(17)18)14-11(16)8-4-6-13-7-5-8/h8-9,13H,2-7H2,1H3,(H,14,16)(H,17,18). The number of ether oxygens (including phenoxy) is 1. The van der Waals surface area contributed by atoms with Gasteiger partial charge in [-0.25, -0.2) is 4.79 Å². The molecule has 1 unspecified atom stereocenters. The largest absolute Gasteiger partial charge is 0.480 e. The summed E-state index contributed by atoms with van der Waals surface area (Å²) < 4.78 is 4.45. The van der Waals surface area contributed by atoms with Crippen molar-refractivity contribution in [3.8, 4) is 0 Å². The summed E-state index contributed by atoms with van der Waals surface area (Å²) in [6.07, 6.45) is 1.42. The molecule has 108 valence electrons. The first-order valence-electron chi connectivity index (χ1n) is 6.35. The maximum atomic E-state index is 11.9. The van der Waals surface area contributed by atoms with E-state index in [4.69, 9.17) is 5.11 Å². The van der Waals surface area contributed by atoms with E-state index in [9.17, 15) is 14.4 Å². The molecular formula is C12H20N2O5. The van der Waals surface area contributed by atoms with Crippen LogP contribution in [0.3, 0.4) is 0 Å². The smallest absolute Gasteiger partial charge is 0.326 e. The van der Waals surface area contributed by atoms with Crippen LogP contribution in [0.2, 0.25) is 0 Å². The zero-order chi connectivity index (χ0) is 14.3. The maximum absolute atomic E-state index is 11.9. The van der Waals surface area contributed by atoms with Gasteiger partial charge in [-0.05, 0) is 32.4 Å². The van der Waals surface area contributed by atoms with Crippen molar-refractivity contribution >= 4 is 17.8 Å². The molecule has 19 heavy (non-hydrogen) atoms. The number of carbonyl (C=O) groups excluding carboxylic acids is 2. The highest BCUT2D eigenvalue weighted by Gasteiger charge is 2.26. The molecule has 0 aliphatic carbocycles. The maximum Gasteiger partial charge on any atom is 0.326 e. The van der Waals surface area contributed by atoms with Crippen molar-refractivity contribution in [2.45, 2.75) is 31.7 Å². The molecular weight excluding hydrogens is 252 g/mol. The van der Waals surface area contributed by atoms with E-state index in [1.54, 1.807) is 0 Å². The van der Waals surface area contributed by atoms with E-state index in [1.807, 2.05) is 0 Å². The Morgan fingerprint density at radius 2 is 2.00 bits per heavy atom. The number of amides is 1. The molecule has 0 aromatic rings. The Balaban J connectivity index is 2.45. The van der Waals surface area contributed by atoms with E-state index in [1.165, 1.54) is 7.11 Å². The molecule has 0 spiro atoms. The van der Waals surface area contributed by atoms with Crippen LogP contribution in [0.5, 0.6) is 0 Å². The zero-order valence-electron chi connectivity index (χ0n) is 11.0. The Morgan fingerprint density at radius 3 is 2.53 bits per heavy atom. The van der Waals surface area contributed by atoms with Crippen LogP contribution >= 0.6 is 0 Å². The van der Waals surface area contributed by atoms with E-state index in [2.05, 4.69) is 15.4 Å². The lowest BCUT2D eigenvalue weighted by Gasteiger charge is -2.23. The number of piperidine rings is 1. The Kier molecular flexibility index (Phi) is 6.27. The summed E-state index contributed by atoms with van der Waals surface area (Å²) in [6, 6.07) is -1.04. The molecule has 7 nitrogen and oxygen atoms in total. The first-order chi connectivity index (χ1) is 9.04. The van der Waals surface area contributed by atoms with E-state index in [0.717, 1.165) is 13.1 Å². The molecule has 7 heteroatoms. The van der Waals surface area contributed by atoms with Crippen molar-refractivity contribution in [1.82, 2.24) is 10.6 Å². The fraction of sp³-hybridized carbons (Fsp3) is 0.750. The molecule has 1 aliphatic heterocycles. The van der Waals surface area contributed by atoms with Crippen LogP contribution in [0.15, 0.2) is 0 Å². The van der Waals surface area contributed by atoms with Gasteiger partial charge >= 0.3 is 11.9 Å². The summed E-state index contributed by atoms with van der Waals surface area (Å²) >= 11 is 0. The van der Waals surface area contributed by atoms with E-state index < -0.39 is 18.0 Å². The minimum atomic E-state index is -1.13. The van der Waals surface area contributed by atoms with Gasteiger partial charge in [-0.15, -0.1) is 0 Å². The van der Waals surface area contributed by atoms with Crippen LogP contribution in [0, 0.1) is 5.92 Å². The first kappa shape index (κ1) is 15.4. The molecule has 0 radical (unpaired) electrons. The Hall–Kier alpha value is -1.63. The van der Waals surface area contributed by atoms with Crippen LogP contribution in [-0.4, -0.2) is 49.2 Å². The van der Waals surface area contributed by atoms with E-state index >= 15 is 0 Å². The van der Waals surface area contributed by atoms with Crippen LogP contribution in [0.4, 0.5) is 0 Å². The molecule has 0 bridgehead atoms. The summed E-state index contributed by atoms with van der Waals surface area (Å²) in [6.45, 7) is 1.52. The zero-order valence-corrected chi connectivity index (χ0v) is 11.0. The number of aliphatic carboxylic acids is 1. The average Bonchev–Trinajstić information content (AvgIpc) is 2.43. The van der Waals surface area contributed by atoms with E-state index in [-0.39, 0.29) is 24.7 Å². The van der Waals surface area contributed by atoms with Gasteiger partial charge in [0.05, 0.1) is 7.11 Å². The van der Waals surface area contributed by atoms with Gasteiger partial charge in [0.15, 0.2) is 0 Å². The van der Waals surface area contributed by atoms with Gasteiger partial charge in [0.25, 0.3) is 0 Å². The molecule has 0 saturated carbocycles. The fourth-order valence-electron chi connectivity index (χ4n) is 2.00. The highest BCUT2D eigenvalue weighted by molar-refractivity contribution is 5.85. The molecule has 0 aromatic carbocycles. The lowest BCUT2D eigenvalue weighted by Crippen LogP contribution is -2.46. The number of carboxylic acid groups (broad SMARTS) is 1. The van der Waals surface area contributed by atoms with Gasteiger partial charge in [-0.1, -0.05) is 0 Å². The number of nitrogens with one attached hydrogen (secondary N) is 2. The Bertz CT molecular complexity index is 339. The lowest BCUT2D eigenvalue weighted by molar-refractivity contribution is -0.144. The van der Waals surface area contributed by atoms with Gasteiger partial charge in [0.2, 0.25) is 5.91 Å². The molecule has 1 rings (SSSR count). The van der Waals surface area contributed by atoms with Crippen LogP contribution in [-0.2, 0) is 19.1 Å². The van der Waals surface area contributed by atoms with Crippen molar-refractivity contribution in [1.29, 1.82) is 0 Å². The van der Waals surface area contributed by atoms with E-state index in [0.29, 0.717) is 12.8 Å². The highest BCUT2D eigenvalue weighted by atomic mass is 16.5. The van der Waals surface area contributed by atoms with Gasteiger partial charge in [-0.3, -0.25) is 9.59 Å². The number of methoxy groups -OCH3 is 1. The molecule has 0 aromatic heterocycles. The van der Waals surface area contributed by atoms with Gasteiger partial charge in [-0.2, -0.15) is 0 Å². The molecule has 1 saturated heterocycles. The van der Waals surface area contributed by atoms with Crippen LogP contribution < -0.4 is 10.6 Å². The van der Waals surface area contributed by atoms with Crippen molar-refractivity contribution < 1.29 is 24.2 Å². The van der Waals surface area contributed by atoms with Crippen LogP contribution in [0.25, 0.3) is 0 Å². The van der Waals surface area contributed by atoms with Gasteiger partial charge < -0.3 is 20.5 Å². The molecule has 1 aliphatic rings. The molecule has 1 heterocycles. The first-order valence-corrected chi connectivity index (χ1v) is 6.35. The number of carboxylic acids is 1. The normalized spacial score (nSPS) is 17.5. The van der Waals surface area contributed by atoms with Crippen molar-refractivity contribution in [3.05, 3.63) is 0 Å². The lowest BCUT2D eigenvalue weighted by atomic mass is 9.96. The molecule has 1 amide bonds. The Morgan fingerprint density at radius 1 is 1.37 bits per heavy atom. The molecule has 1 fully saturated rings. The molecule has 1 atom stereocenters. The van der Waals surface area contributed by atoms with Gasteiger partial charge in [0.1, 0.15) is 6.04 Å². The second kappa shape index (κ2) is 7.73. The highest BCUT2D eigenvalue weighted by Crippen LogP contribution is 2.12. The quantitative estimate of drug-likeness (QED) is 0.563. The number of hydrogen-bond donors (Lipinski definition) is 3. The second-order valence-electron chi connectivity index (χ2n) is 4.54. The third-order valence-electron chi connectivity index (χ3n) is 3.19. The summed E-state index contributed by atoms with van der Waals surface area (Å²) in [5.41, 5.74) is 0. The summed E-state index contributed by atoms with van der Waals surface area (Å²) in [5.74, 6) is -2.02. The van der Waals surface area contributed by atoms with Crippen molar-refractivity contribution in [2.24, 2.45) is 5.92 Å². The number of rotatable bonds is 6. The fourth-order valence-corrected chi connectivity index (χ4v) is 2.00. The average molecular weight is 272 g/mol. The SMILES string of the molecule is COC(=O)CCC(NC(=O)C1CCNCC1)C(=O)O. The van der Waals surface area contributed by atoms with Crippen LogP contribution in [0.1, 0.15) is 25.7 Å². The number of hydrogen-bond acceptors (Lipinski definition) is 5. The third-order valence-corrected chi connectivity index (χ3v) is 3.19. The summed E-state index contributed by atoms with van der Waals surface area (Å²) in [7, 11) is 1.24. The van der Waals surface area contributed by atoms with Crippen molar-refractivity contribution in [3.63, 3.8) is 0 Å². The number of esters is 1. The summed E-state index contributed by atoms with van der Waals surface area (Å²) in [4.78, 5) is 33.9. The minimum absolute atomic E-state index is 0.0278. The second-order valence-corrected chi connectivity index (χ2v) is 4.54. The Labute approximate surface area is 111 Å². The predicted molar refractivity (Wildman–Crippen MR) is 66.4 cm³/mol. The predicted octanol–water partition coefficient (Wildman–Crippen LogP) is -0.491. The monoisotopic (exact) mass is 272 g/mol.